The maximum Gasteiger partial charge on any atom is 0.323 e. The molecule has 5 nitrogen and oxygen atoms in total. The van der Waals surface area contributed by atoms with Gasteiger partial charge in [-0.3, -0.25) is 14.5 Å². The van der Waals surface area contributed by atoms with E-state index in [-0.39, 0.29) is 24.0 Å². The number of hydrogen-bond donors (Lipinski definition) is 0. The van der Waals surface area contributed by atoms with Gasteiger partial charge >= 0.3 is 5.97 Å². The predicted octanol–water partition coefficient (Wildman–Crippen LogP) is 1.80. The second-order valence-electron chi connectivity index (χ2n) is 7.14. The molecule has 2 heterocycles. The number of ether oxygens (including phenoxy) is 1. The van der Waals surface area contributed by atoms with Gasteiger partial charge in [0.1, 0.15) is 11.6 Å². The van der Waals surface area contributed by atoms with E-state index in [0.717, 1.165) is 45.3 Å². The van der Waals surface area contributed by atoms with Gasteiger partial charge in [-0.05, 0) is 59.9 Å². The minimum atomic E-state index is -0.479. The first-order chi connectivity index (χ1) is 9.79. The van der Waals surface area contributed by atoms with Crippen LogP contribution in [0.15, 0.2) is 0 Å². The van der Waals surface area contributed by atoms with Crippen LogP contribution in [-0.2, 0) is 14.3 Å². The second-order valence-corrected chi connectivity index (χ2v) is 7.14. The van der Waals surface area contributed by atoms with Gasteiger partial charge in [-0.15, -0.1) is 0 Å². The Balaban J connectivity index is 2.00. The molecular formula is C16H28N2O3. The molecule has 0 N–H and O–H groups in total. The molecule has 0 saturated carbocycles. The topological polar surface area (TPSA) is 49.9 Å². The minimum absolute atomic E-state index is 0.156. The highest BCUT2D eigenvalue weighted by Crippen LogP contribution is 2.24. The van der Waals surface area contributed by atoms with Crippen molar-refractivity contribution in [3.8, 4) is 0 Å². The predicted molar refractivity (Wildman–Crippen MR) is 80.8 cm³/mol. The van der Waals surface area contributed by atoms with Crippen molar-refractivity contribution in [2.24, 2.45) is 0 Å². The van der Waals surface area contributed by atoms with Gasteiger partial charge in [0.25, 0.3) is 0 Å². The zero-order valence-electron chi connectivity index (χ0n) is 13.7. The minimum Gasteiger partial charge on any atom is -0.459 e. The molecule has 0 spiro atoms. The van der Waals surface area contributed by atoms with E-state index in [1.165, 1.54) is 0 Å². The summed E-state index contributed by atoms with van der Waals surface area (Å²) < 4.78 is 5.50. The first-order valence-corrected chi connectivity index (χ1v) is 8.07. The number of likely N-dealkylation sites (tertiary alicyclic amines) is 2. The second kappa shape index (κ2) is 6.34. The van der Waals surface area contributed by atoms with Crippen molar-refractivity contribution in [2.45, 2.75) is 71.1 Å². The lowest BCUT2D eigenvalue weighted by atomic mass is 10.1. The summed E-state index contributed by atoms with van der Waals surface area (Å²) in [4.78, 5) is 28.8. The van der Waals surface area contributed by atoms with Crippen molar-refractivity contribution in [3.05, 3.63) is 0 Å². The molecule has 2 atom stereocenters. The van der Waals surface area contributed by atoms with Crippen molar-refractivity contribution >= 4 is 11.9 Å². The number of rotatable bonds is 3. The molecule has 0 aliphatic carbocycles. The monoisotopic (exact) mass is 296 g/mol. The molecule has 2 aliphatic heterocycles. The van der Waals surface area contributed by atoms with Crippen molar-refractivity contribution in [2.75, 3.05) is 19.6 Å². The van der Waals surface area contributed by atoms with Crippen LogP contribution in [-0.4, -0.2) is 59.0 Å². The van der Waals surface area contributed by atoms with Crippen LogP contribution in [0, 0.1) is 0 Å². The Bertz CT molecular complexity index is 397. The zero-order chi connectivity index (χ0) is 15.6. The van der Waals surface area contributed by atoms with Crippen molar-refractivity contribution < 1.29 is 14.3 Å². The SMILES string of the molecule is CC(C(=O)N1CCCC1)N1CCC[C@@H]1C(=O)OC(C)(C)C. The Labute approximate surface area is 127 Å². The van der Waals surface area contributed by atoms with E-state index in [0.29, 0.717) is 0 Å². The van der Waals surface area contributed by atoms with E-state index in [9.17, 15) is 9.59 Å². The van der Waals surface area contributed by atoms with Crippen LogP contribution in [0.3, 0.4) is 0 Å². The molecule has 1 unspecified atom stereocenters. The zero-order valence-corrected chi connectivity index (χ0v) is 13.7. The standard InChI is InChI=1S/C16H28N2O3/c1-12(14(19)17-9-5-6-10-17)18-11-7-8-13(18)15(20)21-16(2,3)4/h12-13H,5-11H2,1-4H3/t12?,13-/m1/s1. The average Bonchev–Trinajstić information content (AvgIpc) is 3.05. The van der Waals surface area contributed by atoms with Crippen LogP contribution >= 0.6 is 0 Å². The maximum absolute atomic E-state index is 12.5. The van der Waals surface area contributed by atoms with E-state index in [2.05, 4.69) is 0 Å². The third kappa shape index (κ3) is 3.96. The molecule has 21 heavy (non-hydrogen) atoms. The fourth-order valence-corrected chi connectivity index (χ4v) is 3.22. The third-order valence-corrected chi connectivity index (χ3v) is 4.25. The third-order valence-electron chi connectivity index (χ3n) is 4.25. The Morgan fingerprint density at radius 3 is 2.29 bits per heavy atom. The smallest absolute Gasteiger partial charge is 0.323 e. The van der Waals surface area contributed by atoms with Gasteiger partial charge in [0.15, 0.2) is 0 Å². The molecule has 0 aromatic rings. The van der Waals surface area contributed by atoms with E-state index in [1.54, 1.807) is 0 Å². The number of hydrogen-bond acceptors (Lipinski definition) is 4. The van der Waals surface area contributed by atoms with E-state index >= 15 is 0 Å². The van der Waals surface area contributed by atoms with Crippen LogP contribution < -0.4 is 0 Å². The van der Waals surface area contributed by atoms with Gasteiger partial charge < -0.3 is 9.64 Å². The molecule has 1 amide bonds. The number of nitrogens with zero attached hydrogens (tertiary/aromatic N) is 2. The maximum atomic E-state index is 12.5. The lowest BCUT2D eigenvalue weighted by Gasteiger charge is -2.32. The Hall–Kier alpha value is -1.10. The Kier molecular flexibility index (Phi) is 4.91. The number of esters is 1. The lowest BCUT2D eigenvalue weighted by Crippen LogP contribution is -2.51. The molecule has 120 valence electrons. The normalized spacial score (nSPS) is 25.1. The molecule has 0 bridgehead atoms. The van der Waals surface area contributed by atoms with Crippen LogP contribution in [0.2, 0.25) is 0 Å². The quantitative estimate of drug-likeness (QED) is 0.745. The summed E-state index contributed by atoms with van der Waals surface area (Å²) in [5.41, 5.74) is -0.479. The summed E-state index contributed by atoms with van der Waals surface area (Å²) >= 11 is 0. The summed E-state index contributed by atoms with van der Waals surface area (Å²) in [6.45, 7) is 10.1. The summed E-state index contributed by atoms with van der Waals surface area (Å²) in [5, 5.41) is 0. The molecule has 0 aromatic carbocycles. The molecule has 2 aliphatic rings. The summed E-state index contributed by atoms with van der Waals surface area (Å²) in [5.74, 6) is -0.0379. The average molecular weight is 296 g/mol. The van der Waals surface area contributed by atoms with Crippen molar-refractivity contribution in [1.82, 2.24) is 9.80 Å². The number of carbonyl (C=O) groups excluding carboxylic acids is 2. The van der Waals surface area contributed by atoms with E-state index in [4.69, 9.17) is 4.74 Å². The molecule has 0 aromatic heterocycles. The molecular weight excluding hydrogens is 268 g/mol. The van der Waals surface area contributed by atoms with Gasteiger partial charge in [0, 0.05) is 13.1 Å². The molecule has 2 saturated heterocycles. The van der Waals surface area contributed by atoms with E-state index in [1.807, 2.05) is 37.5 Å². The Morgan fingerprint density at radius 1 is 1.10 bits per heavy atom. The Morgan fingerprint density at radius 2 is 1.71 bits per heavy atom. The van der Waals surface area contributed by atoms with Gasteiger partial charge in [-0.1, -0.05) is 0 Å². The summed E-state index contributed by atoms with van der Waals surface area (Å²) in [6.07, 6.45) is 3.91. The van der Waals surface area contributed by atoms with Crippen LogP contribution in [0.1, 0.15) is 53.4 Å². The highest BCUT2D eigenvalue weighted by atomic mass is 16.6. The molecule has 5 heteroatoms. The van der Waals surface area contributed by atoms with Gasteiger partial charge in [0.2, 0.25) is 5.91 Å². The van der Waals surface area contributed by atoms with Crippen LogP contribution in [0.5, 0.6) is 0 Å². The lowest BCUT2D eigenvalue weighted by molar-refractivity contribution is -0.161. The van der Waals surface area contributed by atoms with Crippen molar-refractivity contribution in [3.63, 3.8) is 0 Å². The fourth-order valence-electron chi connectivity index (χ4n) is 3.22. The van der Waals surface area contributed by atoms with E-state index < -0.39 is 5.60 Å². The number of amides is 1. The first kappa shape index (κ1) is 16.3. The van der Waals surface area contributed by atoms with Crippen LogP contribution in [0.4, 0.5) is 0 Å². The van der Waals surface area contributed by atoms with Crippen molar-refractivity contribution in [1.29, 1.82) is 0 Å². The molecule has 0 radical (unpaired) electrons. The summed E-state index contributed by atoms with van der Waals surface area (Å²) in [7, 11) is 0. The largest absolute Gasteiger partial charge is 0.459 e. The number of carbonyl (C=O) groups is 2. The highest BCUT2D eigenvalue weighted by Gasteiger charge is 2.39. The van der Waals surface area contributed by atoms with Gasteiger partial charge in [0.05, 0.1) is 6.04 Å². The van der Waals surface area contributed by atoms with Gasteiger partial charge in [-0.25, -0.2) is 0 Å². The molecule has 2 fully saturated rings. The summed E-state index contributed by atoms with van der Waals surface area (Å²) in [6, 6.07) is -0.506. The van der Waals surface area contributed by atoms with Crippen LogP contribution in [0.25, 0.3) is 0 Å². The molecule has 2 rings (SSSR count). The first-order valence-electron chi connectivity index (χ1n) is 8.07. The van der Waals surface area contributed by atoms with Gasteiger partial charge in [-0.2, -0.15) is 0 Å². The highest BCUT2D eigenvalue weighted by molar-refractivity contribution is 5.83. The fraction of sp³-hybridized carbons (Fsp3) is 0.875.